The first-order valence-corrected chi connectivity index (χ1v) is 28.7. The van der Waals surface area contributed by atoms with Gasteiger partial charge in [0.1, 0.15) is 23.3 Å². The van der Waals surface area contributed by atoms with Crippen LogP contribution in [0, 0.1) is 37.1 Å². The number of hydrogen-bond donors (Lipinski definition) is 4. The maximum atomic E-state index is 15.9. The number of amides is 4. The minimum atomic E-state index is -4.43. The number of nitrogens with one attached hydrogen (secondary N) is 2. The molecule has 4 amide bonds. The maximum absolute atomic E-state index is 15.9. The van der Waals surface area contributed by atoms with E-state index in [0.29, 0.717) is 85.9 Å². The van der Waals surface area contributed by atoms with E-state index in [2.05, 4.69) is 60.3 Å². The first-order valence-electron chi connectivity index (χ1n) is 28.3. The lowest BCUT2D eigenvalue weighted by atomic mass is 9.87. The Labute approximate surface area is 495 Å². The predicted octanol–water partition coefficient (Wildman–Crippen LogP) is 15.1. The fourth-order valence-corrected chi connectivity index (χ4v) is 11.9. The molecule has 0 fully saturated rings. The van der Waals surface area contributed by atoms with Crippen molar-refractivity contribution in [3.63, 3.8) is 0 Å². The Balaban J connectivity index is 0.000000204. The summed E-state index contributed by atoms with van der Waals surface area (Å²) in [5, 5.41) is 15.0. The van der Waals surface area contributed by atoms with E-state index in [9.17, 15) is 22.8 Å². The molecule has 4 heterocycles. The number of benzene rings is 6. The van der Waals surface area contributed by atoms with E-state index in [-0.39, 0.29) is 28.0 Å². The lowest BCUT2D eigenvalue weighted by molar-refractivity contribution is -0.137. The van der Waals surface area contributed by atoms with Crippen LogP contribution in [0.1, 0.15) is 114 Å². The summed E-state index contributed by atoms with van der Waals surface area (Å²) in [5.74, 6) is -3.09. The Morgan fingerprint density at radius 2 is 1.06 bits per heavy atom. The third kappa shape index (κ3) is 12.8. The Morgan fingerprint density at radius 1 is 0.600 bits per heavy atom. The van der Waals surface area contributed by atoms with E-state index in [1.807, 2.05) is 67.9 Å². The van der Waals surface area contributed by atoms with Crippen LogP contribution in [0.15, 0.2) is 97.1 Å². The van der Waals surface area contributed by atoms with Crippen molar-refractivity contribution in [1.29, 1.82) is 0 Å². The standard InChI is InChI=1S/C33H36ClF2N5O.C32H32F5N5O/c1-6-20-9-8-10-21(7-2)30(20)41-31(24-14-27(36)28(15-26(24)35)38-32(37)42)25-18-40(33(4,5)16-29(25)39-41)17-22-11-12-23(34)13-19(22)3;1-4-19-7-6-8-20(5-2)29(19)42-30(23-14-26(34)28(15-25(23)33)39-31(38)43)24-17-41(12-11-27(24)40-42)16-21-9-10-22(13-18(21)3)32(35,36)37/h8-15H,6-7,16-18H2,1-5H3,(H3,37,38,42);6-10,13-15H,4-5,11-12,16-17H2,1-3H3,(H3,38,39,43). The fourth-order valence-electron chi connectivity index (χ4n) is 11.7. The number of fused-ring (bicyclic) bond motifs is 2. The number of nitrogens with two attached hydrogens (primary N) is 2. The molecule has 2 aromatic heterocycles. The highest BCUT2D eigenvalue weighted by molar-refractivity contribution is 6.30. The fraction of sp³-hybridized carbons (Fsp3) is 0.323. The van der Waals surface area contributed by atoms with E-state index in [1.165, 1.54) is 6.07 Å². The highest BCUT2D eigenvalue weighted by Crippen LogP contribution is 2.43. The molecule has 0 radical (unpaired) electrons. The van der Waals surface area contributed by atoms with Gasteiger partial charge in [-0.05, 0) is 134 Å². The number of para-hydroxylation sites is 2. The number of carbonyl (C=O) groups is 2. The number of alkyl halides is 3. The maximum Gasteiger partial charge on any atom is 0.416 e. The molecule has 6 aromatic carbocycles. The summed E-state index contributed by atoms with van der Waals surface area (Å²) in [4.78, 5) is 27.2. The van der Waals surface area contributed by atoms with Crippen LogP contribution in [0.4, 0.5) is 51.7 Å². The number of urea groups is 2. The number of rotatable bonds is 14. The van der Waals surface area contributed by atoms with E-state index in [4.69, 9.17) is 33.3 Å². The van der Waals surface area contributed by atoms with Gasteiger partial charge in [-0.1, -0.05) is 87.8 Å². The van der Waals surface area contributed by atoms with Crippen LogP contribution in [-0.4, -0.2) is 53.5 Å². The second-order valence-corrected chi connectivity index (χ2v) is 22.7. The van der Waals surface area contributed by atoms with Crippen LogP contribution < -0.4 is 22.1 Å². The average Bonchev–Trinajstić information content (AvgIpc) is 1.68. The number of aromatic nitrogens is 4. The molecule has 2 aliphatic rings. The van der Waals surface area contributed by atoms with Gasteiger partial charge in [0, 0.05) is 90.5 Å². The van der Waals surface area contributed by atoms with Gasteiger partial charge in [0.2, 0.25) is 0 Å². The monoisotopic (exact) mass is 1190 g/mol. The normalized spacial score (nSPS) is 14.1. The number of nitrogens with zero attached hydrogens (tertiary/aromatic N) is 6. The van der Waals surface area contributed by atoms with Crippen molar-refractivity contribution in [2.75, 3.05) is 17.2 Å². The summed E-state index contributed by atoms with van der Waals surface area (Å²) in [7, 11) is 0. The van der Waals surface area contributed by atoms with Crippen LogP contribution in [-0.2, 0) is 70.9 Å². The first-order chi connectivity index (χ1) is 40.3. The van der Waals surface area contributed by atoms with Crippen LogP contribution in [0.5, 0.6) is 0 Å². The summed E-state index contributed by atoms with van der Waals surface area (Å²) >= 11 is 6.23. The SMILES string of the molecule is CCc1cccc(CC)c1-n1nc2c(c1-c1cc(F)c(NC(N)=O)cc1F)CN(Cc1ccc(C(F)(F)F)cc1C)CC2.CCc1cccc(CC)c1-n1nc2c(c1-c1cc(F)c(NC(N)=O)cc1F)CN(Cc1ccc(Cl)cc1C)C(C)(C)C2. The molecule has 2 aliphatic heterocycles. The molecule has 0 aliphatic carbocycles. The van der Waals surface area contributed by atoms with Gasteiger partial charge in [0.15, 0.2) is 0 Å². The van der Waals surface area contributed by atoms with Crippen molar-refractivity contribution < 1.29 is 40.3 Å². The molecular weight excluding hydrogens is 1120 g/mol. The third-order valence-corrected chi connectivity index (χ3v) is 16.4. The molecular formula is C65H68ClF7N10O2. The van der Waals surface area contributed by atoms with Crippen LogP contribution >= 0.6 is 11.6 Å². The van der Waals surface area contributed by atoms with Gasteiger partial charge in [-0.25, -0.2) is 36.5 Å². The highest BCUT2D eigenvalue weighted by atomic mass is 35.5. The summed E-state index contributed by atoms with van der Waals surface area (Å²) in [6.07, 6.45) is -0.430. The van der Waals surface area contributed by atoms with Crippen molar-refractivity contribution in [3.8, 4) is 33.9 Å². The number of anilines is 2. The topological polar surface area (TPSA) is 152 Å². The molecule has 6 N–H and O–H groups in total. The van der Waals surface area contributed by atoms with Crippen molar-refractivity contribution in [2.45, 2.75) is 132 Å². The van der Waals surface area contributed by atoms with E-state index >= 15 is 17.6 Å². The minimum absolute atomic E-state index is 0.0261. The third-order valence-electron chi connectivity index (χ3n) is 16.2. The zero-order valence-corrected chi connectivity index (χ0v) is 49.4. The molecule has 8 aromatic rings. The lowest BCUT2D eigenvalue weighted by Gasteiger charge is -2.42. The number of carbonyl (C=O) groups excluding carboxylic acids is 2. The van der Waals surface area contributed by atoms with Gasteiger partial charge >= 0.3 is 18.2 Å². The molecule has 0 saturated carbocycles. The zero-order valence-electron chi connectivity index (χ0n) is 48.7. The van der Waals surface area contributed by atoms with Crippen molar-refractivity contribution in [1.82, 2.24) is 29.4 Å². The van der Waals surface area contributed by atoms with Gasteiger partial charge in [0.25, 0.3) is 0 Å². The van der Waals surface area contributed by atoms with E-state index < -0.39 is 47.1 Å². The van der Waals surface area contributed by atoms with Gasteiger partial charge in [-0.15, -0.1) is 0 Å². The number of halogens is 8. The van der Waals surface area contributed by atoms with Gasteiger partial charge < -0.3 is 22.1 Å². The Bertz CT molecular complexity index is 3830. The molecule has 446 valence electrons. The van der Waals surface area contributed by atoms with Crippen molar-refractivity contribution in [3.05, 3.63) is 198 Å². The Morgan fingerprint density at radius 3 is 1.52 bits per heavy atom. The van der Waals surface area contributed by atoms with Crippen molar-refractivity contribution in [2.24, 2.45) is 11.5 Å². The largest absolute Gasteiger partial charge is 0.416 e. The predicted molar refractivity (Wildman–Crippen MR) is 319 cm³/mol. The van der Waals surface area contributed by atoms with Gasteiger partial charge in [-0.3, -0.25) is 9.80 Å². The molecule has 0 bridgehead atoms. The summed E-state index contributed by atoms with van der Waals surface area (Å²) in [6.45, 7) is 18.7. The molecule has 20 heteroatoms. The molecule has 0 unspecified atom stereocenters. The zero-order chi connectivity index (χ0) is 61.4. The van der Waals surface area contributed by atoms with Crippen LogP contribution in [0.3, 0.4) is 0 Å². The second kappa shape index (κ2) is 24.9. The van der Waals surface area contributed by atoms with Gasteiger partial charge in [-0.2, -0.15) is 23.4 Å². The minimum Gasteiger partial charge on any atom is -0.351 e. The quantitative estimate of drug-likeness (QED) is 0.0796. The molecule has 85 heavy (non-hydrogen) atoms. The van der Waals surface area contributed by atoms with Crippen molar-refractivity contribution >= 4 is 35.0 Å². The Kier molecular flexibility index (Phi) is 18.0. The van der Waals surface area contributed by atoms with Gasteiger partial charge in [0.05, 0.1) is 51.1 Å². The van der Waals surface area contributed by atoms with Crippen LogP contribution in [0.2, 0.25) is 5.02 Å². The van der Waals surface area contributed by atoms with E-state index in [0.717, 1.165) is 117 Å². The summed E-state index contributed by atoms with van der Waals surface area (Å²) < 4.78 is 105. The lowest BCUT2D eigenvalue weighted by Crippen LogP contribution is -2.47. The number of primary amides is 2. The molecule has 12 nitrogen and oxygen atoms in total. The Hall–Kier alpha value is -8.00. The number of aryl methyl sites for hydroxylation is 6. The molecule has 0 atom stereocenters. The molecule has 0 saturated heterocycles. The molecule has 0 spiro atoms. The van der Waals surface area contributed by atoms with E-state index in [1.54, 1.807) is 11.6 Å². The second-order valence-electron chi connectivity index (χ2n) is 22.3. The first kappa shape index (κ1) is 61.6. The number of hydrogen-bond acceptors (Lipinski definition) is 6. The van der Waals surface area contributed by atoms with Crippen LogP contribution in [0.25, 0.3) is 33.9 Å². The smallest absolute Gasteiger partial charge is 0.351 e. The summed E-state index contributed by atoms with van der Waals surface area (Å²) in [5.41, 5.74) is 22.1. The highest BCUT2D eigenvalue weighted by Gasteiger charge is 2.39. The molecule has 10 rings (SSSR count). The summed E-state index contributed by atoms with van der Waals surface area (Å²) in [6, 6.07) is 23.7. The average molecular weight is 1190 g/mol.